The monoisotopic (exact) mass is 294 g/mol. The number of likely N-dealkylation sites (tertiary alicyclic amines) is 1. The number of hydrogen-bond acceptors (Lipinski definition) is 6. The third-order valence-electron chi connectivity index (χ3n) is 5.13. The van der Waals surface area contributed by atoms with Crippen LogP contribution in [0.15, 0.2) is 4.63 Å². The molecule has 0 aromatic carbocycles. The van der Waals surface area contributed by atoms with Crippen LogP contribution in [0.3, 0.4) is 0 Å². The molecule has 1 aliphatic carbocycles. The summed E-state index contributed by atoms with van der Waals surface area (Å²) in [6, 6.07) is 1.24. The highest BCUT2D eigenvalue weighted by atomic mass is 16.6. The maximum Gasteiger partial charge on any atom is 0.122 e. The lowest BCUT2D eigenvalue weighted by molar-refractivity contribution is 0.0835. The second-order valence-electron chi connectivity index (χ2n) is 6.42. The van der Waals surface area contributed by atoms with Crippen LogP contribution in [0, 0.1) is 6.92 Å². The summed E-state index contributed by atoms with van der Waals surface area (Å²) in [6.07, 6.45) is 5.44. The molecule has 1 saturated carbocycles. The molecule has 21 heavy (non-hydrogen) atoms. The van der Waals surface area contributed by atoms with E-state index in [4.69, 9.17) is 9.37 Å². The normalized spacial score (nSPS) is 30.6. The maximum atomic E-state index is 5.51. The maximum absolute atomic E-state index is 5.51. The van der Waals surface area contributed by atoms with E-state index in [1.165, 1.54) is 19.3 Å². The average Bonchev–Trinajstić information content (AvgIpc) is 3.18. The van der Waals surface area contributed by atoms with Gasteiger partial charge in [-0.15, -0.1) is 0 Å². The minimum Gasteiger partial charge on any atom is -0.380 e. The Kier molecular flexibility index (Phi) is 4.57. The number of rotatable bonds is 5. The molecule has 2 aliphatic rings. The Morgan fingerprint density at radius 1 is 1.33 bits per heavy atom. The molecular weight excluding hydrogens is 268 g/mol. The molecular formula is C15H26N4O2. The highest BCUT2D eigenvalue weighted by molar-refractivity contribution is 5.05. The molecule has 0 radical (unpaired) electrons. The van der Waals surface area contributed by atoms with Gasteiger partial charge in [0.2, 0.25) is 0 Å². The summed E-state index contributed by atoms with van der Waals surface area (Å²) < 4.78 is 10.3. The van der Waals surface area contributed by atoms with E-state index in [9.17, 15) is 0 Å². The fraction of sp³-hybridized carbons (Fsp3) is 0.867. The smallest absolute Gasteiger partial charge is 0.122 e. The van der Waals surface area contributed by atoms with Gasteiger partial charge in [0.1, 0.15) is 11.4 Å². The molecule has 1 saturated heterocycles. The molecule has 2 heterocycles. The molecule has 0 N–H and O–H groups in total. The van der Waals surface area contributed by atoms with Crippen LogP contribution >= 0.6 is 0 Å². The first-order chi connectivity index (χ1) is 10.2. The first-order valence-electron chi connectivity index (χ1n) is 7.94. The summed E-state index contributed by atoms with van der Waals surface area (Å²) in [5.74, 6) is 0. The summed E-state index contributed by atoms with van der Waals surface area (Å²) in [5, 5.41) is 7.89. The molecule has 0 spiro atoms. The van der Waals surface area contributed by atoms with Crippen LogP contribution in [0.5, 0.6) is 0 Å². The van der Waals surface area contributed by atoms with E-state index in [1.807, 2.05) is 14.0 Å². The van der Waals surface area contributed by atoms with Crippen LogP contribution in [0.25, 0.3) is 0 Å². The van der Waals surface area contributed by atoms with Crippen LogP contribution in [0.2, 0.25) is 0 Å². The van der Waals surface area contributed by atoms with Crippen molar-refractivity contribution in [3.8, 4) is 0 Å². The largest absolute Gasteiger partial charge is 0.380 e. The third-order valence-corrected chi connectivity index (χ3v) is 5.13. The molecule has 2 fully saturated rings. The molecule has 118 valence electrons. The average molecular weight is 294 g/mol. The second kappa shape index (κ2) is 6.42. The summed E-state index contributed by atoms with van der Waals surface area (Å²) in [6.45, 7) is 5.02. The first kappa shape index (κ1) is 14.9. The van der Waals surface area contributed by atoms with Gasteiger partial charge in [-0.25, -0.2) is 4.63 Å². The minimum absolute atomic E-state index is 0.415. The Labute approximate surface area is 126 Å². The number of aryl methyl sites for hydroxylation is 1. The van der Waals surface area contributed by atoms with Gasteiger partial charge in [0, 0.05) is 38.8 Å². The molecule has 6 heteroatoms. The Hall–Kier alpha value is -0.980. The summed E-state index contributed by atoms with van der Waals surface area (Å²) in [7, 11) is 4.02. The van der Waals surface area contributed by atoms with Gasteiger partial charge in [0.15, 0.2) is 0 Å². The van der Waals surface area contributed by atoms with Crippen molar-refractivity contribution >= 4 is 0 Å². The van der Waals surface area contributed by atoms with Crippen molar-refractivity contribution in [2.45, 2.75) is 57.3 Å². The van der Waals surface area contributed by atoms with Gasteiger partial charge in [-0.05, 0) is 33.2 Å². The molecule has 1 aromatic heterocycles. The van der Waals surface area contributed by atoms with E-state index in [0.717, 1.165) is 37.4 Å². The number of hydrogen-bond donors (Lipinski definition) is 0. The van der Waals surface area contributed by atoms with Crippen molar-refractivity contribution in [2.24, 2.45) is 0 Å². The Morgan fingerprint density at radius 2 is 2.19 bits per heavy atom. The minimum atomic E-state index is 0.415. The van der Waals surface area contributed by atoms with Gasteiger partial charge in [-0.3, -0.25) is 9.80 Å². The van der Waals surface area contributed by atoms with Gasteiger partial charge in [0.25, 0.3) is 0 Å². The second-order valence-corrected chi connectivity index (χ2v) is 6.42. The fourth-order valence-corrected chi connectivity index (χ4v) is 3.85. The van der Waals surface area contributed by atoms with E-state index in [0.29, 0.717) is 18.2 Å². The summed E-state index contributed by atoms with van der Waals surface area (Å²) in [4.78, 5) is 5.04. The highest BCUT2D eigenvalue weighted by Crippen LogP contribution is 2.31. The molecule has 3 atom stereocenters. The van der Waals surface area contributed by atoms with Crippen LogP contribution < -0.4 is 0 Å². The number of aromatic nitrogens is 2. The van der Waals surface area contributed by atoms with Gasteiger partial charge >= 0.3 is 0 Å². The third kappa shape index (κ3) is 3.12. The summed E-state index contributed by atoms with van der Waals surface area (Å²) in [5.41, 5.74) is 1.86. The standard InChI is InChI=1S/C15H26N4O2/c1-11-13(17-21-16-11)10-18(2)14-5-4-6-15(14)19-8-7-12(9-19)20-3/h12,14-15H,4-10H2,1-3H3/t12?,14-,15+/m1/s1. The molecule has 6 nitrogen and oxygen atoms in total. The predicted octanol–water partition coefficient (Wildman–Crippen LogP) is 1.45. The van der Waals surface area contributed by atoms with Gasteiger partial charge in [-0.2, -0.15) is 0 Å². The number of nitrogens with zero attached hydrogens (tertiary/aromatic N) is 4. The zero-order valence-corrected chi connectivity index (χ0v) is 13.3. The Morgan fingerprint density at radius 3 is 2.86 bits per heavy atom. The Balaban J connectivity index is 1.62. The lowest BCUT2D eigenvalue weighted by Crippen LogP contribution is -2.46. The summed E-state index contributed by atoms with van der Waals surface area (Å²) >= 11 is 0. The topological polar surface area (TPSA) is 54.6 Å². The Bertz CT molecular complexity index is 464. The zero-order chi connectivity index (χ0) is 14.8. The highest BCUT2D eigenvalue weighted by Gasteiger charge is 2.38. The van der Waals surface area contributed by atoms with E-state index in [2.05, 4.69) is 27.2 Å². The molecule has 0 bridgehead atoms. The van der Waals surface area contributed by atoms with Gasteiger partial charge in [0.05, 0.1) is 6.10 Å². The quantitative estimate of drug-likeness (QED) is 0.819. The van der Waals surface area contributed by atoms with E-state index in [-0.39, 0.29) is 0 Å². The van der Waals surface area contributed by atoms with Crippen LogP contribution in [0.1, 0.15) is 37.1 Å². The molecule has 3 rings (SSSR count). The predicted molar refractivity (Wildman–Crippen MR) is 78.9 cm³/mol. The molecule has 1 unspecified atom stereocenters. The SMILES string of the molecule is COC1CCN([C@H]2CCC[C@H]2N(C)Cc2nonc2C)C1. The fourth-order valence-electron chi connectivity index (χ4n) is 3.85. The van der Waals surface area contributed by atoms with Crippen LogP contribution in [0.4, 0.5) is 0 Å². The van der Waals surface area contributed by atoms with Crippen molar-refractivity contribution < 1.29 is 9.37 Å². The van der Waals surface area contributed by atoms with Crippen LogP contribution in [-0.4, -0.2) is 65.5 Å². The van der Waals surface area contributed by atoms with Crippen molar-refractivity contribution in [1.82, 2.24) is 20.1 Å². The van der Waals surface area contributed by atoms with Crippen molar-refractivity contribution in [3.05, 3.63) is 11.4 Å². The van der Waals surface area contributed by atoms with Crippen LogP contribution in [-0.2, 0) is 11.3 Å². The van der Waals surface area contributed by atoms with Gasteiger partial charge < -0.3 is 4.74 Å². The van der Waals surface area contributed by atoms with Gasteiger partial charge in [-0.1, -0.05) is 16.7 Å². The molecule has 1 aromatic rings. The van der Waals surface area contributed by atoms with Crippen molar-refractivity contribution in [1.29, 1.82) is 0 Å². The van der Waals surface area contributed by atoms with Crippen molar-refractivity contribution in [3.63, 3.8) is 0 Å². The molecule has 0 amide bonds. The first-order valence-corrected chi connectivity index (χ1v) is 7.94. The van der Waals surface area contributed by atoms with E-state index < -0.39 is 0 Å². The lowest BCUT2D eigenvalue weighted by atomic mass is 10.1. The van der Waals surface area contributed by atoms with Crippen molar-refractivity contribution in [2.75, 3.05) is 27.2 Å². The zero-order valence-electron chi connectivity index (χ0n) is 13.3. The number of likely N-dealkylation sites (N-methyl/N-ethyl adjacent to an activating group) is 1. The number of ether oxygens (including phenoxy) is 1. The van der Waals surface area contributed by atoms with E-state index >= 15 is 0 Å². The van der Waals surface area contributed by atoms with E-state index in [1.54, 1.807) is 0 Å². The lowest BCUT2D eigenvalue weighted by Gasteiger charge is -2.34. The number of methoxy groups -OCH3 is 1. The molecule has 1 aliphatic heterocycles.